The quantitative estimate of drug-likeness (QED) is 0.849. The fraction of sp³-hybridized carbons (Fsp3) is 0.615. The van der Waals surface area contributed by atoms with E-state index in [0.717, 1.165) is 24.3 Å². The number of hydrogen-bond donors (Lipinski definition) is 1. The van der Waals surface area contributed by atoms with Crippen molar-refractivity contribution in [3.63, 3.8) is 0 Å². The van der Waals surface area contributed by atoms with Crippen LogP contribution in [0.15, 0.2) is 0 Å². The van der Waals surface area contributed by atoms with E-state index in [1.807, 2.05) is 0 Å². The number of pyridine rings is 1. The fourth-order valence-electron chi connectivity index (χ4n) is 2.69. The highest BCUT2D eigenvalue weighted by atomic mass is 16.5. The van der Waals surface area contributed by atoms with Gasteiger partial charge >= 0.3 is 0 Å². The van der Waals surface area contributed by atoms with Gasteiger partial charge in [-0.2, -0.15) is 0 Å². The van der Waals surface area contributed by atoms with E-state index in [-0.39, 0.29) is 0 Å². The first kappa shape index (κ1) is 11.4. The topological polar surface area (TPSA) is 48.1 Å². The molecular weight excluding hydrogens is 200 g/mol. The Kier molecular flexibility index (Phi) is 3.15. The van der Waals surface area contributed by atoms with Gasteiger partial charge in [-0.15, -0.1) is 0 Å². The van der Waals surface area contributed by atoms with Crippen LogP contribution in [0.5, 0.6) is 5.88 Å². The number of rotatable bonds is 3. The first-order chi connectivity index (χ1) is 7.69. The first-order valence-electron chi connectivity index (χ1n) is 5.97. The highest BCUT2D eigenvalue weighted by Gasteiger charge is 2.24. The van der Waals surface area contributed by atoms with Crippen molar-refractivity contribution in [2.45, 2.75) is 45.6 Å². The lowest BCUT2D eigenvalue weighted by Crippen LogP contribution is -2.11. The van der Waals surface area contributed by atoms with Crippen molar-refractivity contribution >= 4 is 0 Å². The maximum absolute atomic E-state index is 5.84. The Hall–Kier alpha value is -1.09. The van der Waals surface area contributed by atoms with Crippen LogP contribution >= 0.6 is 0 Å². The van der Waals surface area contributed by atoms with Crippen molar-refractivity contribution in [1.29, 1.82) is 0 Å². The van der Waals surface area contributed by atoms with Crippen LogP contribution in [0.2, 0.25) is 0 Å². The van der Waals surface area contributed by atoms with Crippen LogP contribution in [0.4, 0.5) is 0 Å². The normalized spacial score (nSPS) is 14.3. The van der Waals surface area contributed by atoms with E-state index >= 15 is 0 Å². The molecular formula is C13H20N2O. The summed E-state index contributed by atoms with van der Waals surface area (Å²) >= 11 is 0. The monoisotopic (exact) mass is 220 g/mol. The Morgan fingerprint density at radius 1 is 1.38 bits per heavy atom. The molecule has 1 aromatic heterocycles. The molecule has 1 heterocycles. The van der Waals surface area contributed by atoms with E-state index in [2.05, 4.69) is 18.8 Å². The zero-order valence-corrected chi connectivity index (χ0v) is 10.3. The Balaban J connectivity index is 2.65. The Bertz CT molecular complexity index is 399. The van der Waals surface area contributed by atoms with Crippen LogP contribution in [0.1, 0.15) is 48.6 Å². The summed E-state index contributed by atoms with van der Waals surface area (Å²) in [6, 6.07) is 0. The van der Waals surface area contributed by atoms with Crippen LogP contribution < -0.4 is 10.5 Å². The second-order valence-electron chi connectivity index (χ2n) is 4.65. The third-order valence-electron chi connectivity index (χ3n) is 3.31. The highest BCUT2D eigenvalue weighted by Crippen LogP contribution is 2.35. The van der Waals surface area contributed by atoms with Gasteiger partial charge in [0, 0.05) is 17.8 Å². The molecule has 0 spiro atoms. The summed E-state index contributed by atoms with van der Waals surface area (Å²) in [5, 5.41) is 0. The Morgan fingerprint density at radius 3 is 2.69 bits per heavy atom. The molecule has 0 fully saturated rings. The molecule has 1 aromatic rings. The SMILES string of the molecule is COc1nc2c(c(C(C)C)c1CN)CCC2. The Morgan fingerprint density at radius 2 is 2.12 bits per heavy atom. The lowest BCUT2D eigenvalue weighted by atomic mass is 9.92. The predicted molar refractivity (Wildman–Crippen MR) is 64.8 cm³/mol. The highest BCUT2D eigenvalue weighted by molar-refractivity contribution is 5.47. The fourth-order valence-corrected chi connectivity index (χ4v) is 2.69. The molecule has 3 heteroatoms. The second-order valence-corrected chi connectivity index (χ2v) is 4.65. The van der Waals surface area contributed by atoms with Crippen LogP contribution in [0.3, 0.4) is 0 Å². The third-order valence-corrected chi connectivity index (χ3v) is 3.31. The minimum atomic E-state index is 0.488. The minimum absolute atomic E-state index is 0.488. The largest absolute Gasteiger partial charge is 0.481 e. The molecule has 2 N–H and O–H groups in total. The number of methoxy groups -OCH3 is 1. The smallest absolute Gasteiger partial charge is 0.218 e. The zero-order chi connectivity index (χ0) is 11.7. The lowest BCUT2D eigenvalue weighted by Gasteiger charge is -2.19. The zero-order valence-electron chi connectivity index (χ0n) is 10.3. The lowest BCUT2D eigenvalue weighted by molar-refractivity contribution is 0.390. The second kappa shape index (κ2) is 4.42. The number of ether oxygens (including phenoxy) is 1. The number of aryl methyl sites for hydroxylation is 1. The maximum atomic E-state index is 5.84. The number of hydrogen-bond acceptors (Lipinski definition) is 3. The number of aromatic nitrogens is 1. The molecule has 2 rings (SSSR count). The van der Waals surface area contributed by atoms with Crippen LogP contribution in [0.25, 0.3) is 0 Å². The molecule has 88 valence electrons. The standard InChI is InChI=1S/C13H20N2O/c1-8(2)12-9-5-4-6-11(9)15-13(16-3)10(12)7-14/h8H,4-7,14H2,1-3H3. The summed E-state index contributed by atoms with van der Waals surface area (Å²) in [6.07, 6.45) is 3.43. The van der Waals surface area contributed by atoms with Gasteiger partial charge in [0.1, 0.15) is 0 Å². The van der Waals surface area contributed by atoms with Gasteiger partial charge in [0.25, 0.3) is 0 Å². The van der Waals surface area contributed by atoms with E-state index in [1.165, 1.54) is 23.2 Å². The van der Waals surface area contributed by atoms with E-state index < -0.39 is 0 Å². The van der Waals surface area contributed by atoms with E-state index in [4.69, 9.17) is 10.5 Å². The van der Waals surface area contributed by atoms with Gasteiger partial charge in [-0.3, -0.25) is 0 Å². The number of fused-ring (bicyclic) bond motifs is 1. The summed E-state index contributed by atoms with van der Waals surface area (Å²) in [5.41, 5.74) is 11.0. The molecule has 16 heavy (non-hydrogen) atoms. The Labute approximate surface area is 97.0 Å². The summed E-state index contributed by atoms with van der Waals surface area (Å²) in [6.45, 7) is 4.94. The van der Waals surface area contributed by atoms with E-state index in [0.29, 0.717) is 12.5 Å². The molecule has 0 atom stereocenters. The summed E-state index contributed by atoms with van der Waals surface area (Å²) in [4.78, 5) is 4.58. The van der Waals surface area contributed by atoms with Crippen LogP contribution in [-0.4, -0.2) is 12.1 Å². The van der Waals surface area contributed by atoms with Crippen molar-refractivity contribution in [2.75, 3.05) is 7.11 Å². The van der Waals surface area contributed by atoms with Crippen molar-refractivity contribution in [3.8, 4) is 5.88 Å². The van der Waals surface area contributed by atoms with E-state index in [1.54, 1.807) is 7.11 Å². The van der Waals surface area contributed by atoms with Crippen molar-refractivity contribution < 1.29 is 4.74 Å². The van der Waals surface area contributed by atoms with Crippen LogP contribution in [-0.2, 0) is 19.4 Å². The summed E-state index contributed by atoms with van der Waals surface area (Å²) < 4.78 is 5.36. The molecule has 0 saturated carbocycles. The van der Waals surface area contributed by atoms with Gasteiger partial charge in [-0.1, -0.05) is 13.8 Å². The number of nitrogens with zero attached hydrogens (tertiary/aromatic N) is 1. The minimum Gasteiger partial charge on any atom is -0.481 e. The third kappa shape index (κ3) is 1.69. The molecule has 1 aliphatic rings. The summed E-state index contributed by atoms with van der Waals surface area (Å²) in [5.74, 6) is 1.22. The van der Waals surface area contributed by atoms with Gasteiger partial charge in [0.05, 0.1) is 7.11 Å². The summed E-state index contributed by atoms with van der Waals surface area (Å²) in [7, 11) is 1.67. The first-order valence-corrected chi connectivity index (χ1v) is 5.97. The van der Waals surface area contributed by atoms with Gasteiger partial charge in [-0.05, 0) is 36.3 Å². The van der Waals surface area contributed by atoms with Gasteiger partial charge in [-0.25, -0.2) is 4.98 Å². The molecule has 0 aromatic carbocycles. The van der Waals surface area contributed by atoms with Gasteiger partial charge < -0.3 is 10.5 Å². The predicted octanol–water partition coefficient (Wildman–Crippen LogP) is 2.16. The molecule has 0 aliphatic heterocycles. The molecule has 3 nitrogen and oxygen atoms in total. The molecule has 0 amide bonds. The molecule has 0 bridgehead atoms. The van der Waals surface area contributed by atoms with Crippen molar-refractivity contribution in [1.82, 2.24) is 4.98 Å². The van der Waals surface area contributed by atoms with Gasteiger partial charge in [0.2, 0.25) is 5.88 Å². The van der Waals surface area contributed by atoms with Gasteiger partial charge in [0.15, 0.2) is 0 Å². The molecule has 0 unspecified atom stereocenters. The van der Waals surface area contributed by atoms with Crippen molar-refractivity contribution in [3.05, 3.63) is 22.4 Å². The molecule has 1 aliphatic carbocycles. The number of nitrogens with two attached hydrogens (primary N) is 1. The maximum Gasteiger partial charge on any atom is 0.218 e. The molecule has 0 radical (unpaired) electrons. The average Bonchev–Trinajstić information content (AvgIpc) is 2.73. The molecule has 0 saturated heterocycles. The van der Waals surface area contributed by atoms with Crippen LogP contribution in [0, 0.1) is 0 Å². The van der Waals surface area contributed by atoms with E-state index in [9.17, 15) is 0 Å². The van der Waals surface area contributed by atoms with Crippen molar-refractivity contribution in [2.24, 2.45) is 5.73 Å². The average molecular weight is 220 g/mol.